The monoisotopic (exact) mass is 349 g/mol. The molecule has 1 aromatic carbocycles. The first kappa shape index (κ1) is 17.1. The summed E-state index contributed by atoms with van der Waals surface area (Å²) in [5, 5.41) is 0.599. The number of sulfonamides is 1. The van der Waals surface area contributed by atoms with Gasteiger partial charge in [-0.05, 0) is 42.0 Å². The normalized spacial score (nSPS) is 18.6. The number of ether oxygens (including phenoxy) is 1. The average Bonchev–Trinajstić information content (AvgIpc) is 2.49. The van der Waals surface area contributed by atoms with Gasteiger partial charge < -0.3 is 4.74 Å². The highest BCUT2D eigenvalue weighted by Crippen LogP contribution is 2.29. The van der Waals surface area contributed by atoms with Crippen LogP contribution >= 0.6 is 23.4 Å². The first-order valence-electron chi connectivity index (χ1n) is 6.79. The van der Waals surface area contributed by atoms with Crippen LogP contribution in [0.25, 0.3) is 0 Å². The van der Waals surface area contributed by atoms with Gasteiger partial charge in [0.25, 0.3) is 0 Å². The topological polar surface area (TPSA) is 55.4 Å². The minimum Gasteiger partial charge on any atom is -0.377 e. The fraction of sp³-hybridized carbons (Fsp3) is 0.571. The van der Waals surface area contributed by atoms with Crippen LogP contribution in [0.3, 0.4) is 0 Å². The van der Waals surface area contributed by atoms with Gasteiger partial charge >= 0.3 is 0 Å². The third kappa shape index (κ3) is 5.14. The Kier molecular flexibility index (Phi) is 5.96. The van der Waals surface area contributed by atoms with E-state index in [2.05, 4.69) is 4.72 Å². The first-order chi connectivity index (χ1) is 9.95. The predicted octanol–water partition coefficient (Wildman–Crippen LogP) is 2.67. The summed E-state index contributed by atoms with van der Waals surface area (Å²) in [7, 11) is -1.72. The van der Waals surface area contributed by atoms with Crippen molar-refractivity contribution in [2.75, 3.05) is 25.2 Å². The van der Waals surface area contributed by atoms with E-state index in [9.17, 15) is 8.42 Å². The molecule has 7 heteroatoms. The Hall–Kier alpha value is -0.270. The third-order valence-electron chi connectivity index (χ3n) is 3.72. The van der Waals surface area contributed by atoms with Gasteiger partial charge in [-0.2, -0.15) is 11.8 Å². The molecule has 0 atom stereocenters. The molecule has 0 unspecified atom stereocenters. The Bertz CT molecular complexity index is 554. The van der Waals surface area contributed by atoms with Crippen molar-refractivity contribution < 1.29 is 13.2 Å². The molecule has 2 rings (SSSR count). The van der Waals surface area contributed by atoms with Gasteiger partial charge in [0.2, 0.25) is 10.0 Å². The second kappa shape index (κ2) is 7.33. The lowest BCUT2D eigenvalue weighted by Crippen LogP contribution is -2.47. The summed E-state index contributed by atoms with van der Waals surface area (Å²) in [6, 6.07) is 6.85. The molecule has 1 fully saturated rings. The second-order valence-electron chi connectivity index (χ2n) is 5.21. The molecule has 1 aliphatic rings. The fourth-order valence-electron chi connectivity index (χ4n) is 2.29. The SMILES string of the molecule is COC1(CNS(=O)(=O)Cc2ccc(Cl)cc2)CCSCC1. The van der Waals surface area contributed by atoms with Gasteiger partial charge in [0, 0.05) is 18.7 Å². The van der Waals surface area contributed by atoms with E-state index in [1.807, 2.05) is 11.8 Å². The fourth-order valence-corrected chi connectivity index (χ4v) is 4.87. The van der Waals surface area contributed by atoms with E-state index in [4.69, 9.17) is 16.3 Å². The van der Waals surface area contributed by atoms with Crippen molar-refractivity contribution in [3.8, 4) is 0 Å². The lowest BCUT2D eigenvalue weighted by atomic mass is 9.97. The third-order valence-corrected chi connectivity index (χ3v) is 6.26. The van der Waals surface area contributed by atoms with E-state index in [-0.39, 0.29) is 11.4 Å². The summed E-state index contributed by atoms with van der Waals surface area (Å²) < 4.78 is 32.6. The van der Waals surface area contributed by atoms with Crippen molar-refractivity contribution in [1.29, 1.82) is 0 Å². The summed E-state index contributed by atoms with van der Waals surface area (Å²) >= 11 is 7.68. The molecule has 4 nitrogen and oxygen atoms in total. The molecule has 0 bridgehead atoms. The van der Waals surface area contributed by atoms with Crippen LogP contribution in [0.2, 0.25) is 5.02 Å². The van der Waals surface area contributed by atoms with Crippen LogP contribution < -0.4 is 4.72 Å². The van der Waals surface area contributed by atoms with Crippen molar-refractivity contribution >= 4 is 33.4 Å². The van der Waals surface area contributed by atoms with Crippen LogP contribution in [0.4, 0.5) is 0 Å². The maximum Gasteiger partial charge on any atom is 0.215 e. The lowest BCUT2D eigenvalue weighted by molar-refractivity contribution is -0.0119. The largest absolute Gasteiger partial charge is 0.377 e. The number of hydrogen-bond acceptors (Lipinski definition) is 4. The Morgan fingerprint density at radius 3 is 2.48 bits per heavy atom. The zero-order valence-electron chi connectivity index (χ0n) is 12.0. The molecular formula is C14H20ClNO3S2. The highest BCUT2D eigenvalue weighted by molar-refractivity contribution is 7.99. The maximum atomic E-state index is 12.2. The molecular weight excluding hydrogens is 330 g/mol. The lowest BCUT2D eigenvalue weighted by Gasteiger charge is -2.35. The molecule has 118 valence electrons. The van der Waals surface area contributed by atoms with Gasteiger partial charge in [-0.1, -0.05) is 23.7 Å². The number of methoxy groups -OCH3 is 1. The van der Waals surface area contributed by atoms with Crippen molar-refractivity contribution in [1.82, 2.24) is 4.72 Å². The van der Waals surface area contributed by atoms with Gasteiger partial charge in [-0.25, -0.2) is 13.1 Å². The van der Waals surface area contributed by atoms with Gasteiger partial charge in [0.05, 0.1) is 11.4 Å². The van der Waals surface area contributed by atoms with Gasteiger partial charge in [0.1, 0.15) is 0 Å². The van der Waals surface area contributed by atoms with E-state index in [0.717, 1.165) is 29.9 Å². The van der Waals surface area contributed by atoms with E-state index in [0.29, 0.717) is 11.6 Å². The quantitative estimate of drug-likeness (QED) is 0.857. The van der Waals surface area contributed by atoms with Crippen LogP contribution in [0.15, 0.2) is 24.3 Å². The van der Waals surface area contributed by atoms with Crippen molar-refractivity contribution in [3.05, 3.63) is 34.9 Å². The Morgan fingerprint density at radius 2 is 1.90 bits per heavy atom. The molecule has 0 spiro atoms. The van der Waals surface area contributed by atoms with Crippen LogP contribution in [-0.2, 0) is 20.5 Å². The van der Waals surface area contributed by atoms with Crippen molar-refractivity contribution in [2.24, 2.45) is 0 Å². The molecule has 0 saturated carbocycles. The average molecular weight is 350 g/mol. The van der Waals surface area contributed by atoms with Gasteiger partial charge in [-0.15, -0.1) is 0 Å². The Morgan fingerprint density at radius 1 is 1.29 bits per heavy atom. The number of rotatable bonds is 6. The standard InChI is InChI=1S/C14H20ClNO3S2/c1-19-14(6-8-20-9-7-14)11-16-21(17,18)10-12-2-4-13(15)5-3-12/h2-5,16H,6-11H2,1H3. The van der Waals surface area contributed by atoms with Crippen molar-refractivity contribution in [2.45, 2.75) is 24.2 Å². The van der Waals surface area contributed by atoms with Gasteiger partial charge in [-0.3, -0.25) is 0 Å². The minimum absolute atomic E-state index is 0.0429. The number of nitrogens with one attached hydrogen (secondary N) is 1. The van der Waals surface area contributed by atoms with Crippen LogP contribution in [0, 0.1) is 0 Å². The number of benzene rings is 1. The number of halogens is 1. The van der Waals surface area contributed by atoms with E-state index < -0.39 is 10.0 Å². The predicted molar refractivity (Wildman–Crippen MR) is 88.4 cm³/mol. The zero-order chi connectivity index (χ0) is 15.3. The zero-order valence-corrected chi connectivity index (χ0v) is 14.4. The highest BCUT2D eigenvalue weighted by Gasteiger charge is 2.33. The maximum absolute atomic E-state index is 12.2. The Balaban J connectivity index is 1.95. The van der Waals surface area contributed by atoms with E-state index in [1.165, 1.54) is 0 Å². The molecule has 0 aliphatic carbocycles. The highest BCUT2D eigenvalue weighted by atomic mass is 35.5. The van der Waals surface area contributed by atoms with Crippen LogP contribution in [-0.4, -0.2) is 39.2 Å². The smallest absolute Gasteiger partial charge is 0.215 e. The second-order valence-corrected chi connectivity index (χ2v) is 8.67. The summed E-state index contributed by atoms with van der Waals surface area (Å²) in [5.74, 6) is 1.97. The van der Waals surface area contributed by atoms with Crippen LogP contribution in [0.5, 0.6) is 0 Å². The molecule has 1 aromatic rings. The van der Waals surface area contributed by atoms with E-state index in [1.54, 1.807) is 31.4 Å². The molecule has 21 heavy (non-hydrogen) atoms. The van der Waals surface area contributed by atoms with E-state index >= 15 is 0 Å². The molecule has 1 aliphatic heterocycles. The van der Waals surface area contributed by atoms with Crippen molar-refractivity contribution in [3.63, 3.8) is 0 Å². The van der Waals surface area contributed by atoms with Crippen LogP contribution in [0.1, 0.15) is 18.4 Å². The first-order valence-corrected chi connectivity index (χ1v) is 9.98. The summed E-state index contributed by atoms with van der Waals surface area (Å²) in [4.78, 5) is 0. The molecule has 0 aromatic heterocycles. The number of hydrogen-bond donors (Lipinski definition) is 1. The molecule has 1 saturated heterocycles. The summed E-state index contributed by atoms with van der Waals surface area (Å²) in [6.45, 7) is 0.333. The molecule has 1 heterocycles. The minimum atomic E-state index is -3.37. The molecule has 0 radical (unpaired) electrons. The summed E-state index contributed by atoms with van der Waals surface area (Å²) in [5.41, 5.74) is 0.357. The number of thioether (sulfide) groups is 1. The molecule has 0 amide bonds. The summed E-state index contributed by atoms with van der Waals surface area (Å²) in [6.07, 6.45) is 1.75. The van der Waals surface area contributed by atoms with Gasteiger partial charge in [0.15, 0.2) is 0 Å². The molecule has 1 N–H and O–H groups in total. The Labute approximate surface area is 135 Å².